The van der Waals surface area contributed by atoms with Gasteiger partial charge in [0, 0.05) is 6.07 Å². The average molecular weight is 273 g/mol. The lowest BCUT2D eigenvalue weighted by Crippen LogP contribution is -2.30. The zero-order valence-corrected chi connectivity index (χ0v) is 9.41. The van der Waals surface area contributed by atoms with Crippen molar-refractivity contribution in [3.63, 3.8) is 0 Å². The maximum Gasteiger partial charge on any atom is 0.471 e. The molecule has 1 rings (SSSR count). The molecule has 0 aliphatic heterocycles. The Labute approximate surface area is 104 Å². The van der Waals surface area contributed by atoms with Gasteiger partial charge in [-0.15, -0.1) is 0 Å². The number of nitro benzene ring substituents is 1. The number of amides is 1. The molecule has 6 nitrogen and oxygen atoms in total. The Hall–Kier alpha value is -2.63. The van der Waals surface area contributed by atoms with Gasteiger partial charge in [0.15, 0.2) is 0 Å². The summed E-state index contributed by atoms with van der Waals surface area (Å²) in [5.41, 5.74) is -1.45. The van der Waals surface area contributed by atoms with Gasteiger partial charge in [-0.2, -0.15) is 18.4 Å². The van der Waals surface area contributed by atoms with Gasteiger partial charge in [0.1, 0.15) is 5.69 Å². The number of benzene rings is 1. The lowest BCUT2D eigenvalue weighted by Gasteiger charge is -2.10. The van der Waals surface area contributed by atoms with Crippen molar-refractivity contribution in [3.05, 3.63) is 33.4 Å². The fourth-order valence-corrected chi connectivity index (χ4v) is 1.32. The van der Waals surface area contributed by atoms with Crippen molar-refractivity contribution < 1.29 is 22.9 Å². The van der Waals surface area contributed by atoms with Crippen LogP contribution in [0.5, 0.6) is 0 Å². The third-order valence-corrected chi connectivity index (χ3v) is 2.14. The number of aryl methyl sites for hydroxylation is 1. The fraction of sp³-hybridized carbons (Fsp3) is 0.200. The lowest BCUT2D eigenvalue weighted by atomic mass is 10.1. The predicted molar refractivity (Wildman–Crippen MR) is 57.2 cm³/mol. The molecule has 0 atom stereocenters. The summed E-state index contributed by atoms with van der Waals surface area (Å²) in [4.78, 5) is 20.6. The van der Waals surface area contributed by atoms with Crippen molar-refractivity contribution in [2.45, 2.75) is 13.1 Å². The smallest absolute Gasteiger partial charge is 0.312 e. The van der Waals surface area contributed by atoms with Crippen LogP contribution in [0.2, 0.25) is 0 Å². The van der Waals surface area contributed by atoms with Crippen LogP contribution in [0.1, 0.15) is 11.1 Å². The second-order valence-corrected chi connectivity index (χ2v) is 3.51. The fourth-order valence-electron chi connectivity index (χ4n) is 1.32. The molecule has 0 saturated heterocycles. The molecule has 0 aromatic heterocycles. The van der Waals surface area contributed by atoms with E-state index < -0.39 is 28.4 Å². The summed E-state index contributed by atoms with van der Waals surface area (Å²) in [7, 11) is 0. The molecule has 1 N–H and O–H groups in total. The minimum atomic E-state index is -5.16. The van der Waals surface area contributed by atoms with Crippen LogP contribution < -0.4 is 5.32 Å². The van der Waals surface area contributed by atoms with E-state index in [1.54, 1.807) is 6.07 Å². The van der Waals surface area contributed by atoms with E-state index in [4.69, 9.17) is 5.26 Å². The van der Waals surface area contributed by atoms with Crippen LogP contribution in [-0.2, 0) is 4.79 Å². The van der Waals surface area contributed by atoms with Crippen LogP contribution >= 0.6 is 0 Å². The first-order valence-electron chi connectivity index (χ1n) is 4.74. The summed E-state index contributed by atoms with van der Waals surface area (Å²) >= 11 is 0. The van der Waals surface area contributed by atoms with E-state index in [9.17, 15) is 28.1 Å². The highest BCUT2D eigenvalue weighted by atomic mass is 19.4. The van der Waals surface area contributed by atoms with Gasteiger partial charge in [0.25, 0.3) is 5.69 Å². The summed E-state index contributed by atoms with van der Waals surface area (Å²) in [6, 6.07) is 3.56. The number of hydrogen-bond donors (Lipinski definition) is 1. The van der Waals surface area contributed by atoms with E-state index in [1.807, 2.05) is 0 Å². The Morgan fingerprint density at radius 3 is 2.47 bits per heavy atom. The van der Waals surface area contributed by atoms with Crippen LogP contribution in [0.3, 0.4) is 0 Å². The number of rotatable bonds is 2. The maximum absolute atomic E-state index is 12.1. The van der Waals surface area contributed by atoms with Crippen molar-refractivity contribution in [3.8, 4) is 6.07 Å². The molecular weight excluding hydrogens is 267 g/mol. The molecule has 0 spiro atoms. The zero-order valence-electron chi connectivity index (χ0n) is 9.41. The first-order chi connectivity index (χ1) is 8.66. The molecular formula is C10H6F3N3O3. The molecule has 100 valence electrons. The minimum Gasteiger partial charge on any atom is -0.312 e. The second kappa shape index (κ2) is 4.93. The van der Waals surface area contributed by atoms with E-state index in [-0.39, 0.29) is 11.1 Å². The molecule has 0 radical (unpaired) electrons. The molecule has 19 heavy (non-hydrogen) atoms. The first-order valence-corrected chi connectivity index (χ1v) is 4.74. The minimum absolute atomic E-state index is 0.0108. The van der Waals surface area contributed by atoms with Crippen molar-refractivity contribution in [1.82, 2.24) is 0 Å². The number of nitro groups is 1. The van der Waals surface area contributed by atoms with Crippen LogP contribution in [0.15, 0.2) is 12.1 Å². The summed E-state index contributed by atoms with van der Waals surface area (Å²) in [6.07, 6.45) is -5.16. The Morgan fingerprint density at radius 2 is 2.05 bits per heavy atom. The highest BCUT2D eigenvalue weighted by Gasteiger charge is 2.40. The third kappa shape index (κ3) is 3.19. The van der Waals surface area contributed by atoms with Gasteiger partial charge in [0.05, 0.1) is 16.6 Å². The van der Waals surface area contributed by atoms with Gasteiger partial charge in [-0.1, -0.05) is 0 Å². The summed E-state index contributed by atoms with van der Waals surface area (Å²) in [6.45, 7) is 1.25. The van der Waals surface area contributed by atoms with Gasteiger partial charge in [-0.25, -0.2) is 0 Å². The molecule has 1 amide bonds. The van der Waals surface area contributed by atoms with Gasteiger partial charge in [-0.3, -0.25) is 14.9 Å². The largest absolute Gasteiger partial charge is 0.471 e. The van der Waals surface area contributed by atoms with Gasteiger partial charge >= 0.3 is 12.1 Å². The molecule has 0 fully saturated rings. The molecule has 1 aromatic carbocycles. The van der Waals surface area contributed by atoms with E-state index in [0.29, 0.717) is 0 Å². The van der Waals surface area contributed by atoms with E-state index >= 15 is 0 Å². The quantitative estimate of drug-likeness (QED) is 0.660. The van der Waals surface area contributed by atoms with Crippen LogP contribution in [0.25, 0.3) is 0 Å². The van der Waals surface area contributed by atoms with E-state index in [2.05, 4.69) is 0 Å². The van der Waals surface area contributed by atoms with Gasteiger partial charge < -0.3 is 5.32 Å². The van der Waals surface area contributed by atoms with Crippen LogP contribution in [-0.4, -0.2) is 17.0 Å². The standard InChI is InChI=1S/C10H6F3N3O3/c1-5-2-6(4-14)3-7(16(18)19)8(5)15-9(17)10(11,12)13/h2-3H,1H3,(H,15,17). The predicted octanol–water partition coefficient (Wildman–Crippen LogP) is 2.28. The number of nitrogens with zero attached hydrogens (tertiary/aromatic N) is 2. The van der Waals surface area contributed by atoms with Crippen LogP contribution in [0, 0.1) is 28.4 Å². The van der Waals surface area contributed by atoms with Gasteiger partial charge in [0.2, 0.25) is 0 Å². The zero-order chi connectivity index (χ0) is 14.8. The van der Waals surface area contributed by atoms with Crippen molar-refractivity contribution in [1.29, 1.82) is 5.26 Å². The first kappa shape index (κ1) is 14.4. The monoisotopic (exact) mass is 273 g/mol. The summed E-state index contributed by atoms with van der Waals surface area (Å²) in [5.74, 6) is -2.32. The van der Waals surface area contributed by atoms with E-state index in [1.165, 1.54) is 12.2 Å². The Bertz CT molecular complexity index is 590. The number of anilines is 1. The molecule has 0 unspecified atom stereocenters. The Morgan fingerprint density at radius 1 is 1.47 bits per heavy atom. The van der Waals surface area contributed by atoms with Crippen molar-refractivity contribution in [2.75, 3.05) is 5.32 Å². The number of nitrogens with one attached hydrogen (secondary N) is 1. The third-order valence-electron chi connectivity index (χ3n) is 2.14. The SMILES string of the molecule is Cc1cc(C#N)cc([N+](=O)[O-])c1NC(=O)C(F)(F)F. The maximum atomic E-state index is 12.1. The molecule has 1 aromatic rings. The normalized spacial score (nSPS) is 10.7. The number of carbonyl (C=O) groups is 1. The molecule has 0 aliphatic carbocycles. The number of carbonyl (C=O) groups excluding carboxylic acids is 1. The topological polar surface area (TPSA) is 96.0 Å². The molecule has 0 saturated carbocycles. The number of alkyl halides is 3. The summed E-state index contributed by atoms with van der Waals surface area (Å²) in [5, 5.41) is 20.8. The van der Waals surface area contributed by atoms with Crippen molar-refractivity contribution >= 4 is 17.3 Å². The number of halogens is 3. The molecule has 0 aliphatic rings. The average Bonchev–Trinajstić information content (AvgIpc) is 2.29. The number of hydrogen-bond acceptors (Lipinski definition) is 4. The number of nitriles is 1. The molecule has 0 bridgehead atoms. The second-order valence-electron chi connectivity index (χ2n) is 3.51. The van der Waals surface area contributed by atoms with Gasteiger partial charge in [-0.05, 0) is 18.6 Å². The lowest BCUT2D eigenvalue weighted by molar-refractivity contribution is -0.384. The van der Waals surface area contributed by atoms with Crippen LogP contribution in [0.4, 0.5) is 24.5 Å². The Kier molecular flexibility index (Phi) is 3.75. The Balaban J connectivity index is 3.32. The van der Waals surface area contributed by atoms with Crippen molar-refractivity contribution in [2.24, 2.45) is 0 Å². The molecule has 0 heterocycles. The highest BCUT2D eigenvalue weighted by molar-refractivity contribution is 5.97. The molecule has 9 heteroatoms. The highest BCUT2D eigenvalue weighted by Crippen LogP contribution is 2.31. The summed E-state index contributed by atoms with van der Waals surface area (Å²) < 4.78 is 36.3. The van der Waals surface area contributed by atoms with E-state index in [0.717, 1.165) is 12.1 Å².